The van der Waals surface area contributed by atoms with Crippen LogP contribution in [-0.4, -0.2) is 56.4 Å². The van der Waals surface area contributed by atoms with Gasteiger partial charge in [-0.1, -0.05) is 11.3 Å². The molecule has 0 aliphatic carbocycles. The third-order valence-corrected chi connectivity index (χ3v) is 3.78. The fourth-order valence-corrected chi connectivity index (χ4v) is 2.53. The lowest BCUT2D eigenvalue weighted by Crippen LogP contribution is -2.52. The Bertz CT molecular complexity index is 744. The van der Waals surface area contributed by atoms with Crippen molar-refractivity contribution in [3.8, 4) is 5.69 Å². The number of carbonyl (C=O) groups is 1. The molecule has 9 heteroatoms. The predicted octanol–water partition coefficient (Wildman–Crippen LogP) is 0.609. The summed E-state index contributed by atoms with van der Waals surface area (Å²) in [6.45, 7) is 4.07. The van der Waals surface area contributed by atoms with Gasteiger partial charge in [0, 0.05) is 37.8 Å². The molecule has 1 atom stereocenters. The van der Waals surface area contributed by atoms with Gasteiger partial charge in [-0.15, -0.1) is 5.10 Å². The third-order valence-electron chi connectivity index (χ3n) is 3.78. The van der Waals surface area contributed by atoms with Crippen molar-refractivity contribution in [2.45, 2.75) is 13.0 Å². The normalized spacial score (nSPS) is 18.0. The number of nitro benzene ring substituents is 1. The van der Waals surface area contributed by atoms with E-state index in [0.717, 1.165) is 13.1 Å². The lowest BCUT2D eigenvalue weighted by Gasteiger charge is -2.33. The molecule has 1 fully saturated rings. The smallest absolute Gasteiger partial charge is 0.276 e. The molecule has 0 radical (unpaired) electrons. The van der Waals surface area contributed by atoms with Gasteiger partial charge in [0.15, 0.2) is 5.69 Å². The van der Waals surface area contributed by atoms with E-state index in [9.17, 15) is 14.9 Å². The number of carbonyl (C=O) groups excluding carboxylic acids is 1. The summed E-state index contributed by atoms with van der Waals surface area (Å²) in [7, 11) is 0. The average Bonchev–Trinajstić information content (AvgIpc) is 3.05. The van der Waals surface area contributed by atoms with Gasteiger partial charge in [-0.25, -0.2) is 4.68 Å². The number of hydrogen-bond donors (Lipinski definition) is 1. The maximum Gasteiger partial charge on any atom is 0.276 e. The number of benzene rings is 1. The molecule has 1 aromatic carbocycles. The van der Waals surface area contributed by atoms with Crippen LogP contribution >= 0.6 is 0 Å². The fraction of sp³-hybridized carbons (Fsp3) is 0.357. The summed E-state index contributed by atoms with van der Waals surface area (Å²) in [6.07, 6.45) is 1.50. The van der Waals surface area contributed by atoms with Crippen LogP contribution in [0.15, 0.2) is 30.5 Å². The Kier molecular flexibility index (Phi) is 4.02. The van der Waals surface area contributed by atoms with Crippen molar-refractivity contribution in [1.29, 1.82) is 0 Å². The minimum Gasteiger partial charge on any atom is -0.332 e. The summed E-state index contributed by atoms with van der Waals surface area (Å²) in [5.74, 6) is -0.185. The van der Waals surface area contributed by atoms with E-state index in [4.69, 9.17) is 0 Å². The minimum absolute atomic E-state index is 0.0402. The summed E-state index contributed by atoms with van der Waals surface area (Å²) >= 11 is 0. The SMILES string of the molecule is CC1CNCCN1C(=O)c1cn(-c2cccc([N+](=O)[O-])c2)nn1. The standard InChI is InChI=1S/C14H16N6O3/c1-10-8-15-5-6-18(10)14(21)13-9-19(17-16-13)11-3-2-4-12(7-11)20(22)23/h2-4,7,9-10,15H,5-6,8H2,1H3. The Morgan fingerprint density at radius 2 is 2.30 bits per heavy atom. The van der Waals surface area contributed by atoms with Crippen molar-refractivity contribution < 1.29 is 9.72 Å². The second-order valence-corrected chi connectivity index (χ2v) is 5.38. The topological polar surface area (TPSA) is 106 Å². The second-order valence-electron chi connectivity index (χ2n) is 5.38. The number of nitrogens with zero attached hydrogens (tertiary/aromatic N) is 5. The number of hydrogen-bond acceptors (Lipinski definition) is 6. The van der Waals surface area contributed by atoms with Gasteiger partial charge < -0.3 is 10.2 Å². The van der Waals surface area contributed by atoms with E-state index in [1.54, 1.807) is 17.0 Å². The van der Waals surface area contributed by atoms with E-state index in [0.29, 0.717) is 12.2 Å². The van der Waals surface area contributed by atoms with Crippen molar-refractivity contribution in [3.63, 3.8) is 0 Å². The Morgan fingerprint density at radius 1 is 1.48 bits per heavy atom. The van der Waals surface area contributed by atoms with E-state index >= 15 is 0 Å². The summed E-state index contributed by atoms with van der Waals surface area (Å²) < 4.78 is 1.37. The zero-order chi connectivity index (χ0) is 16.4. The number of amides is 1. The molecule has 9 nitrogen and oxygen atoms in total. The monoisotopic (exact) mass is 316 g/mol. The van der Waals surface area contributed by atoms with Crippen molar-refractivity contribution >= 4 is 11.6 Å². The molecule has 1 unspecified atom stereocenters. The molecule has 1 aliphatic heterocycles. The maximum atomic E-state index is 12.5. The molecule has 2 heterocycles. The molecule has 1 N–H and O–H groups in total. The average molecular weight is 316 g/mol. The van der Waals surface area contributed by atoms with Crippen LogP contribution < -0.4 is 5.32 Å². The van der Waals surface area contributed by atoms with Crippen LogP contribution in [0.2, 0.25) is 0 Å². The highest BCUT2D eigenvalue weighted by Gasteiger charge is 2.26. The Morgan fingerprint density at radius 3 is 3.04 bits per heavy atom. The van der Waals surface area contributed by atoms with Crippen LogP contribution in [-0.2, 0) is 0 Å². The van der Waals surface area contributed by atoms with Gasteiger partial charge in [0.05, 0.1) is 16.8 Å². The highest BCUT2D eigenvalue weighted by atomic mass is 16.6. The van der Waals surface area contributed by atoms with Crippen LogP contribution in [0.25, 0.3) is 5.69 Å². The van der Waals surface area contributed by atoms with Crippen LogP contribution in [0.5, 0.6) is 0 Å². The molecule has 2 aromatic rings. The van der Waals surface area contributed by atoms with Gasteiger partial charge in [-0.2, -0.15) is 0 Å². The molecule has 23 heavy (non-hydrogen) atoms. The third kappa shape index (κ3) is 3.04. The van der Waals surface area contributed by atoms with Gasteiger partial charge in [-0.3, -0.25) is 14.9 Å². The Labute approximate surface area is 132 Å². The minimum atomic E-state index is -0.477. The summed E-state index contributed by atoms with van der Waals surface area (Å²) in [4.78, 5) is 24.6. The van der Waals surface area contributed by atoms with E-state index < -0.39 is 4.92 Å². The molecule has 1 aliphatic rings. The largest absolute Gasteiger partial charge is 0.332 e. The highest BCUT2D eigenvalue weighted by molar-refractivity contribution is 5.92. The van der Waals surface area contributed by atoms with Gasteiger partial charge in [0.25, 0.3) is 11.6 Å². The first-order valence-electron chi connectivity index (χ1n) is 7.25. The summed E-state index contributed by atoms with van der Waals surface area (Å²) in [5, 5.41) is 21.9. The van der Waals surface area contributed by atoms with Crippen molar-refractivity contribution in [2.24, 2.45) is 0 Å². The molecular formula is C14H16N6O3. The van der Waals surface area contributed by atoms with Gasteiger partial charge >= 0.3 is 0 Å². The molecule has 0 saturated carbocycles. The van der Waals surface area contributed by atoms with E-state index in [2.05, 4.69) is 15.6 Å². The highest BCUT2D eigenvalue weighted by Crippen LogP contribution is 2.16. The second kappa shape index (κ2) is 6.13. The number of rotatable bonds is 3. The summed E-state index contributed by atoms with van der Waals surface area (Å²) in [6, 6.07) is 6.10. The van der Waals surface area contributed by atoms with Crippen molar-refractivity contribution in [1.82, 2.24) is 25.2 Å². The predicted molar refractivity (Wildman–Crippen MR) is 81.4 cm³/mol. The van der Waals surface area contributed by atoms with Gasteiger partial charge in [-0.05, 0) is 13.0 Å². The van der Waals surface area contributed by atoms with Crippen LogP contribution in [0.1, 0.15) is 17.4 Å². The molecule has 0 spiro atoms. The number of aromatic nitrogens is 3. The quantitative estimate of drug-likeness (QED) is 0.657. The molecule has 0 bridgehead atoms. The van der Waals surface area contributed by atoms with Crippen LogP contribution in [0.3, 0.4) is 0 Å². The van der Waals surface area contributed by atoms with E-state index in [1.807, 2.05) is 6.92 Å². The zero-order valence-corrected chi connectivity index (χ0v) is 12.5. The number of non-ortho nitro benzene ring substituents is 1. The first kappa shape index (κ1) is 15.1. The lowest BCUT2D eigenvalue weighted by atomic mass is 10.2. The molecule has 3 rings (SSSR count). The first-order valence-corrected chi connectivity index (χ1v) is 7.25. The molecule has 1 amide bonds. The molecular weight excluding hydrogens is 300 g/mol. The van der Waals surface area contributed by atoms with Crippen LogP contribution in [0.4, 0.5) is 5.69 Å². The van der Waals surface area contributed by atoms with Gasteiger partial charge in [0.2, 0.25) is 0 Å². The Hall–Kier alpha value is -2.81. The number of nitrogens with one attached hydrogen (secondary N) is 1. The lowest BCUT2D eigenvalue weighted by molar-refractivity contribution is -0.384. The van der Waals surface area contributed by atoms with Gasteiger partial charge in [0.1, 0.15) is 0 Å². The number of nitro groups is 1. The van der Waals surface area contributed by atoms with Crippen molar-refractivity contribution in [3.05, 3.63) is 46.3 Å². The van der Waals surface area contributed by atoms with E-state index in [-0.39, 0.29) is 23.3 Å². The first-order chi connectivity index (χ1) is 11.1. The Balaban J connectivity index is 1.84. The molecule has 120 valence electrons. The summed E-state index contributed by atoms with van der Waals surface area (Å²) in [5.41, 5.74) is 0.672. The van der Waals surface area contributed by atoms with E-state index in [1.165, 1.54) is 23.0 Å². The molecule has 1 saturated heterocycles. The molecule has 1 aromatic heterocycles. The number of piperazine rings is 1. The zero-order valence-electron chi connectivity index (χ0n) is 12.5. The maximum absolute atomic E-state index is 12.5. The van der Waals surface area contributed by atoms with Crippen molar-refractivity contribution in [2.75, 3.05) is 19.6 Å². The van der Waals surface area contributed by atoms with Crippen LogP contribution in [0, 0.1) is 10.1 Å². The fourth-order valence-electron chi connectivity index (χ4n) is 2.53.